The maximum atomic E-state index is 5.62. The first kappa shape index (κ1) is 6.06. The molecule has 0 aromatic heterocycles. The van der Waals surface area contributed by atoms with Crippen LogP contribution < -0.4 is 0 Å². The van der Waals surface area contributed by atoms with Gasteiger partial charge in [-0.3, -0.25) is 0 Å². The second kappa shape index (κ2) is 1.71. The van der Waals surface area contributed by atoms with Crippen molar-refractivity contribution in [3.05, 3.63) is 0 Å². The Balaban J connectivity index is 2.30. The van der Waals surface area contributed by atoms with E-state index in [4.69, 9.17) is 23.2 Å². The van der Waals surface area contributed by atoms with Crippen molar-refractivity contribution < 1.29 is 0 Å². The zero-order chi connectivity index (χ0) is 5.49. The van der Waals surface area contributed by atoms with Crippen LogP contribution in [0.1, 0.15) is 6.42 Å². The highest BCUT2D eigenvalue weighted by atomic mass is 35.5. The van der Waals surface area contributed by atoms with Gasteiger partial charge in [0, 0.05) is 5.92 Å². The number of alkyl halides is 2. The summed E-state index contributed by atoms with van der Waals surface area (Å²) in [5.41, 5.74) is 0. The maximum absolute atomic E-state index is 5.62. The highest BCUT2D eigenvalue weighted by Gasteiger charge is 2.50. The van der Waals surface area contributed by atoms with E-state index in [-0.39, 0.29) is 0 Å². The van der Waals surface area contributed by atoms with Crippen LogP contribution in [-0.2, 0) is 0 Å². The van der Waals surface area contributed by atoms with E-state index in [1.165, 1.54) is 0 Å². The third-order valence-electron chi connectivity index (χ3n) is 1.18. The molecule has 0 bridgehead atoms. The zero-order valence-corrected chi connectivity index (χ0v) is 6.10. The van der Waals surface area contributed by atoms with Crippen molar-refractivity contribution in [1.29, 1.82) is 0 Å². The fourth-order valence-corrected chi connectivity index (χ4v) is 1.65. The van der Waals surface area contributed by atoms with E-state index in [1.807, 2.05) is 0 Å². The summed E-state index contributed by atoms with van der Waals surface area (Å²) in [5.74, 6) is 1.26. The lowest BCUT2D eigenvalue weighted by Crippen LogP contribution is -1.89. The molecule has 7 heavy (non-hydrogen) atoms. The highest BCUT2D eigenvalue weighted by molar-refractivity contribution is 7.80. The molecular formula is C4H6Cl2S. The Kier molecular flexibility index (Phi) is 1.48. The molecule has 0 radical (unpaired) electrons. The van der Waals surface area contributed by atoms with Gasteiger partial charge >= 0.3 is 0 Å². The van der Waals surface area contributed by atoms with Crippen LogP contribution in [-0.4, -0.2) is 10.1 Å². The quantitative estimate of drug-likeness (QED) is 0.437. The van der Waals surface area contributed by atoms with Crippen LogP contribution in [0.3, 0.4) is 0 Å². The van der Waals surface area contributed by atoms with Gasteiger partial charge in [0.05, 0.1) is 0 Å². The van der Waals surface area contributed by atoms with Crippen molar-refractivity contribution in [2.45, 2.75) is 10.8 Å². The highest BCUT2D eigenvalue weighted by Crippen LogP contribution is 2.53. The Hall–Kier alpha value is 0.930. The molecule has 0 spiro atoms. The minimum atomic E-state index is -0.415. The molecule has 0 aromatic rings. The minimum Gasteiger partial charge on any atom is -0.179 e. The van der Waals surface area contributed by atoms with Crippen molar-refractivity contribution in [2.75, 3.05) is 5.75 Å². The van der Waals surface area contributed by atoms with Crippen LogP contribution in [0.25, 0.3) is 0 Å². The Bertz CT molecular complexity index is 81.8. The zero-order valence-electron chi connectivity index (χ0n) is 3.69. The van der Waals surface area contributed by atoms with Gasteiger partial charge in [-0.2, -0.15) is 12.6 Å². The van der Waals surface area contributed by atoms with Crippen molar-refractivity contribution in [1.82, 2.24) is 0 Å². The monoisotopic (exact) mass is 156 g/mol. The molecule has 0 heterocycles. The van der Waals surface area contributed by atoms with Gasteiger partial charge < -0.3 is 0 Å². The van der Waals surface area contributed by atoms with E-state index in [1.54, 1.807) is 0 Å². The molecule has 1 fully saturated rings. The SMILES string of the molecule is SC[C@@H]1CC1(Cl)Cl. The van der Waals surface area contributed by atoms with Crippen molar-refractivity contribution in [3.8, 4) is 0 Å². The van der Waals surface area contributed by atoms with Crippen LogP contribution >= 0.6 is 35.8 Å². The van der Waals surface area contributed by atoms with Gasteiger partial charge in [0.1, 0.15) is 4.33 Å². The molecule has 1 saturated carbocycles. The number of thiol groups is 1. The van der Waals surface area contributed by atoms with E-state index in [0.29, 0.717) is 5.92 Å². The van der Waals surface area contributed by atoms with E-state index < -0.39 is 4.33 Å². The predicted octanol–water partition coefficient (Wildman–Crippen LogP) is 2.11. The average Bonchev–Trinajstić information content (AvgIpc) is 2.13. The third-order valence-corrected chi connectivity index (χ3v) is 2.54. The van der Waals surface area contributed by atoms with Gasteiger partial charge in [0.2, 0.25) is 0 Å². The van der Waals surface area contributed by atoms with Crippen molar-refractivity contribution in [2.24, 2.45) is 5.92 Å². The first-order valence-electron chi connectivity index (χ1n) is 2.15. The molecule has 1 atom stereocenters. The van der Waals surface area contributed by atoms with Crippen LogP contribution in [0.4, 0.5) is 0 Å². The fraction of sp³-hybridized carbons (Fsp3) is 1.00. The molecule has 0 N–H and O–H groups in total. The third kappa shape index (κ3) is 1.18. The van der Waals surface area contributed by atoms with Crippen LogP contribution in [0, 0.1) is 5.92 Å². The molecule has 1 aliphatic carbocycles. The number of rotatable bonds is 1. The van der Waals surface area contributed by atoms with Crippen molar-refractivity contribution in [3.63, 3.8) is 0 Å². The van der Waals surface area contributed by atoms with Gasteiger partial charge in [0.15, 0.2) is 0 Å². The molecular weight excluding hydrogens is 151 g/mol. The maximum Gasteiger partial charge on any atom is 0.122 e. The number of hydrogen-bond donors (Lipinski definition) is 1. The second-order valence-electron chi connectivity index (χ2n) is 1.84. The molecule has 1 rings (SSSR count). The van der Waals surface area contributed by atoms with Gasteiger partial charge in [-0.25, -0.2) is 0 Å². The average molecular weight is 157 g/mol. The summed E-state index contributed by atoms with van der Waals surface area (Å²) in [5, 5.41) is 0. The van der Waals surface area contributed by atoms with E-state index in [0.717, 1.165) is 12.2 Å². The van der Waals surface area contributed by atoms with Gasteiger partial charge in [-0.1, -0.05) is 0 Å². The summed E-state index contributed by atoms with van der Waals surface area (Å²) < 4.78 is -0.415. The molecule has 0 amide bonds. The molecule has 3 heteroatoms. The first-order valence-corrected chi connectivity index (χ1v) is 3.54. The molecule has 0 nitrogen and oxygen atoms in total. The number of hydrogen-bond acceptors (Lipinski definition) is 1. The van der Waals surface area contributed by atoms with Crippen LogP contribution in [0.2, 0.25) is 0 Å². The molecule has 0 unspecified atom stereocenters. The molecule has 1 aliphatic rings. The molecule has 0 aliphatic heterocycles. The first-order chi connectivity index (χ1) is 3.17. The Morgan fingerprint density at radius 2 is 2.14 bits per heavy atom. The lowest BCUT2D eigenvalue weighted by Gasteiger charge is -1.89. The lowest BCUT2D eigenvalue weighted by molar-refractivity contribution is 0.985. The topological polar surface area (TPSA) is 0 Å². The molecule has 0 aromatic carbocycles. The van der Waals surface area contributed by atoms with Crippen molar-refractivity contribution >= 4 is 35.8 Å². The molecule has 42 valence electrons. The Labute approximate surface area is 58.6 Å². The Morgan fingerprint density at radius 1 is 1.71 bits per heavy atom. The largest absolute Gasteiger partial charge is 0.179 e. The summed E-state index contributed by atoms with van der Waals surface area (Å²) in [6, 6.07) is 0. The van der Waals surface area contributed by atoms with E-state index in [9.17, 15) is 0 Å². The predicted molar refractivity (Wildman–Crippen MR) is 36.4 cm³/mol. The minimum absolute atomic E-state index is 0.415. The van der Waals surface area contributed by atoms with Gasteiger partial charge in [-0.15, -0.1) is 23.2 Å². The Morgan fingerprint density at radius 3 is 2.14 bits per heavy atom. The summed E-state index contributed by atoms with van der Waals surface area (Å²) >= 11 is 15.3. The van der Waals surface area contributed by atoms with Crippen LogP contribution in [0.15, 0.2) is 0 Å². The normalized spacial score (nSPS) is 35.6. The number of halogens is 2. The van der Waals surface area contributed by atoms with E-state index in [2.05, 4.69) is 12.6 Å². The summed E-state index contributed by atoms with van der Waals surface area (Å²) in [6.45, 7) is 0. The van der Waals surface area contributed by atoms with E-state index >= 15 is 0 Å². The smallest absolute Gasteiger partial charge is 0.122 e. The summed E-state index contributed by atoms with van der Waals surface area (Å²) in [4.78, 5) is 0. The van der Waals surface area contributed by atoms with Gasteiger partial charge in [-0.05, 0) is 12.2 Å². The van der Waals surface area contributed by atoms with Crippen LogP contribution in [0.5, 0.6) is 0 Å². The lowest BCUT2D eigenvalue weighted by atomic mass is 10.5. The molecule has 0 saturated heterocycles. The summed E-state index contributed by atoms with van der Waals surface area (Å²) in [6.07, 6.45) is 0.916. The fourth-order valence-electron chi connectivity index (χ4n) is 0.468. The second-order valence-corrected chi connectivity index (χ2v) is 3.75. The standard InChI is InChI=1S/C4H6Cl2S/c5-4(6)1-3(4)2-7/h3,7H,1-2H2/t3-/m0/s1. The summed E-state index contributed by atoms with van der Waals surface area (Å²) in [7, 11) is 0. The van der Waals surface area contributed by atoms with Gasteiger partial charge in [0.25, 0.3) is 0 Å².